The molecule has 1 atom stereocenters. The first-order chi connectivity index (χ1) is 11.3. The van der Waals surface area contributed by atoms with E-state index in [1.54, 1.807) is 12.3 Å². The lowest BCUT2D eigenvalue weighted by Crippen LogP contribution is -2.33. The van der Waals surface area contributed by atoms with Gasteiger partial charge in [0.25, 0.3) is 0 Å². The largest absolute Gasteiger partial charge is 0.390 e. The minimum atomic E-state index is -0.0222. The smallest absolute Gasteiger partial charge is 0.131 e. The van der Waals surface area contributed by atoms with E-state index in [1.807, 2.05) is 0 Å². The minimum absolute atomic E-state index is 0.0222. The Bertz CT molecular complexity index is 471. The lowest BCUT2D eigenvalue weighted by Gasteiger charge is -2.28. The van der Waals surface area contributed by atoms with Crippen LogP contribution in [0.2, 0.25) is 0 Å². The Balaban J connectivity index is 1.38. The van der Waals surface area contributed by atoms with Crippen LogP contribution in [-0.4, -0.2) is 54.2 Å². The molecule has 0 spiro atoms. The first kappa shape index (κ1) is 16.8. The first-order valence-corrected chi connectivity index (χ1v) is 8.55. The maximum absolute atomic E-state index is 9.18. The Labute approximate surface area is 137 Å². The number of hydrogen-bond acceptors (Lipinski definition) is 6. The number of aliphatic hydroxyl groups excluding tert-OH is 1. The number of rotatable bonds is 6. The summed E-state index contributed by atoms with van der Waals surface area (Å²) in [7, 11) is 0. The van der Waals surface area contributed by atoms with Crippen LogP contribution in [0.25, 0.3) is 0 Å². The van der Waals surface area contributed by atoms with E-state index in [-0.39, 0.29) is 12.7 Å². The summed E-state index contributed by atoms with van der Waals surface area (Å²) in [4.78, 5) is 8.82. The van der Waals surface area contributed by atoms with Crippen molar-refractivity contribution < 1.29 is 19.3 Å². The van der Waals surface area contributed by atoms with Crippen molar-refractivity contribution in [2.75, 3.05) is 33.0 Å². The van der Waals surface area contributed by atoms with Crippen LogP contribution in [0.3, 0.4) is 0 Å². The van der Waals surface area contributed by atoms with Crippen LogP contribution < -0.4 is 0 Å². The molecular weight excluding hydrogens is 296 g/mol. The SMILES string of the molecule is OCc1ccnc(C2CCC(COCC3COCCO3)CC2)n1. The van der Waals surface area contributed by atoms with Crippen molar-refractivity contribution in [1.82, 2.24) is 9.97 Å². The summed E-state index contributed by atoms with van der Waals surface area (Å²) in [6, 6.07) is 1.76. The molecule has 0 bridgehead atoms. The van der Waals surface area contributed by atoms with Gasteiger partial charge in [0.15, 0.2) is 0 Å². The highest BCUT2D eigenvalue weighted by Crippen LogP contribution is 2.34. The zero-order valence-corrected chi connectivity index (χ0v) is 13.5. The summed E-state index contributed by atoms with van der Waals surface area (Å²) >= 11 is 0. The fraction of sp³-hybridized carbons (Fsp3) is 0.765. The Morgan fingerprint density at radius 1 is 1.17 bits per heavy atom. The molecule has 1 unspecified atom stereocenters. The standard InChI is InChI=1S/C17H26N2O4/c20-9-15-5-6-18-17(19-15)14-3-1-13(2-4-14)10-22-12-16-11-21-7-8-23-16/h5-6,13-14,16,20H,1-4,7-12H2. The Kier molecular flexibility index (Phi) is 6.33. The van der Waals surface area contributed by atoms with Gasteiger partial charge >= 0.3 is 0 Å². The van der Waals surface area contributed by atoms with Crippen molar-refractivity contribution in [1.29, 1.82) is 0 Å². The predicted molar refractivity (Wildman–Crippen MR) is 84.0 cm³/mol. The van der Waals surface area contributed by atoms with Gasteiger partial charge in [-0.3, -0.25) is 0 Å². The van der Waals surface area contributed by atoms with Crippen molar-refractivity contribution >= 4 is 0 Å². The number of hydrogen-bond donors (Lipinski definition) is 1. The summed E-state index contributed by atoms with van der Waals surface area (Å²) in [5.74, 6) is 1.90. The molecule has 1 aliphatic heterocycles. The van der Waals surface area contributed by atoms with Gasteiger partial charge in [-0.2, -0.15) is 0 Å². The van der Waals surface area contributed by atoms with Gasteiger partial charge in [0, 0.05) is 18.7 Å². The fourth-order valence-corrected chi connectivity index (χ4v) is 3.28. The third-order valence-electron chi connectivity index (χ3n) is 4.65. The summed E-state index contributed by atoms with van der Waals surface area (Å²) in [5.41, 5.74) is 0.704. The molecular formula is C17H26N2O4. The molecule has 1 aromatic rings. The molecule has 3 rings (SSSR count). The highest BCUT2D eigenvalue weighted by atomic mass is 16.6. The van der Waals surface area contributed by atoms with E-state index >= 15 is 0 Å². The Morgan fingerprint density at radius 2 is 2.04 bits per heavy atom. The molecule has 1 aromatic heterocycles. The molecule has 1 saturated carbocycles. The third-order valence-corrected chi connectivity index (χ3v) is 4.65. The van der Waals surface area contributed by atoms with Crippen molar-refractivity contribution in [3.05, 3.63) is 23.8 Å². The van der Waals surface area contributed by atoms with Gasteiger partial charge in [-0.1, -0.05) is 0 Å². The molecule has 0 radical (unpaired) electrons. The van der Waals surface area contributed by atoms with Gasteiger partial charge in [0.05, 0.1) is 38.7 Å². The Hall–Kier alpha value is -1.08. The van der Waals surface area contributed by atoms with E-state index < -0.39 is 0 Å². The van der Waals surface area contributed by atoms with Gasteiger partial charge in [0.2, 0.25) is 0 Å². The second kappa shape index (κ2) is 8.68. The molecule has 6 heteroatoms. The Morgan fingerprint density at radius 3 is 2.78 bits per heavy atom. The third kappa shape index (κ3) is 4.94. The molecule has 6 nitrogen and oxygen atoms in total. The van der Waals surface area contributed by atoms with Crippen LogP contribution >= 0.6 is 0 Å². The lowest BCUT2D eigenvalue weighted by atomic mass is 9.82. The summed E-state index contributed by atoms with van der Waals surface area (Å²) in [6.45, 7) is 3.41. The van der Waals surface area contributed by atoms with Crippen LogP contribution in [0.4, 0.5) is 0 Å². The lowest BCUT2D eigenvalue weighted by molar-refractivity contribution is -0.118. The molecule has 1 N–H and O–H groups in total. The van der Waals surface area contributed by atoms with E-state index in [9.17, 15) is 5.11 Å². The topological polar surface area (TPSA) is 73.7 Å². The summed E-state index contributed by atoms with van der Waals surface area (Å²) in [6.07, 6.45) is 6.29. The average Bonchev–Trinajstić information content (AvgIpc) is 2.63. The number of aliphatic hydroxyl groups is 1. The van der Waals surface area contributed by atoms with E-state index in [1.165, 1.54) is 0 Å². The van der Waals surface area contributed by atoms with Gasteiger partial charge in [-0.15, -0.1) is 0 Å². The van der Waals surface area contributed by atoms with Crippen molar-refractivity contribution in [2.24, 2.45) is 5.92 Å². The van der Waals surface area contributed by atoms with E-state index in [2.05, 4.69) is 9.97 Å². The normalized spacial score (nSPS) is 28.7. The molecule has 0 amide bonds. The second-order valence-corrected chi connectivity index (χ2v) is 6.39. The van der Waals surface area contributed by atoms with Crippen LogP contribution in [0.15, 0.2) is 12.3 Å². The quantitative estimate of drug-likeness (QED) is 0.859. The van der Waals surface area contributed by atoms with Gasteiger partial charge in [-0.25, -0.2) is 9.97 Å². The van der Waals surface area contributed by atoms with Crippen LogP contribution in [0.5, 0.6) is 0 Å². The highest BCUT2D eigenvalue weighted by Gasteiger charge is 2.25. The second-order valence-electron chi connectivity index (χ2n) is 6.39. The molecule has 1 saturated heterocycles. The van der Waals surface area contributed by atoms with Crippen molar-refractivity contribution in [3.8, 4) is 0 Å². The molecule has 128 valence electrons. The summed E-state index contributed by atoms with van der Waals surface area (Å²) in [5, 5.41) is 9.18. The zero-order chi connectivity index (χ0) is 15.9. The van der Waals surface area contributed by atoms with E-state index in [0.29, 0.717) is 44.0 Å². The maximum Gasteiger partial charge on any atom is 0.131 e. The monoisotopic (exact) mass is 322 g/mol. The molecule has 23 heavy (non-hydrogen) atoms. The highest BCUT2D eigenvalue weighted by molar-refractivity contribution is 5.05. The van der Waals surface area contributed by atoms with Crippen molar-refractivity contribution in [3.63, 3.8) is 0 Å². The van der Waals surface area contributed by atoms with E-state index in [4.69, 9.17) is 14.2 Å². The van der Waals surface area contributed by atoms with Crippen molar-refractivity contribution in [2.45, 2.75) is 44.3 Å². The molecule has 2 fully saturated rings. The van der Waals surface area contributed by atoms with Gasteiger partial charge < -0.3 is 19.3 Å². The average molecular weight is 322 g/mol. The van der Waals surface area contributed by atoms with Gasteiger partial charge in [0.1, 0.15) is 11.9 Å². The van der Waals surface area contributed by atoms with Gasteiger partial charge in [-0.05, 0) is 37.7 Å². The fourth-order valence-electron chi connectivity index (χ4n) is 3.28. The predicted octanol–water partition coefficient (Wildman–Crippen LogP) is 1.67. The van der Waals surface area contributed by atoms with E-state index in [0.717, 1.165) is 38.1 Å². The number of ether oxygens (including phenoxy) is 3. The molecule has 1 aliphatic carbocycles. The zero-order valence-electron chi connectivity index (χ0n) is 13.5. The number of nitrogens with zero attached hydrogens (tertiary/aromatic N) is 2. The number of aromatic nitrogens is 2. The summed E-state index contributed by atoms with van der Waals surface area (Å²) < 4.78 is 16.8. The maximum atomic E-state index is 9.18. The van der Waals surface area contributed by atoms with Crippen LogP contribution in [0.1, 0.15) is 43.1 Å². The molecule has 0 aromatic carbocycles. The minimum Gasteiger partial charge on any atom is -0.390 e. The first-order valence-electron chi connectivity index (χ1n) is 8.55. The van der Waals surface area contributed by atoms with Crippen LogP contribution in [0, 0.1) is 5.92 Å². The molecule has 2 aliphatic rings. The molecule has 2 heterocycles. The van der Waals surface area contributed by atoms with Crippen LogP contribution in [-0.2, 0) is 20.8 Å².